The largest absolute Gasteiger partial charge is 0.381 e. The van der Waals surface area contributed by atoms with Gasteiger partial charge in [-0.2, -0.15) is 5.10 Å². The summed E-state index contributed by atoms with van der Waals surface area (Å²) in [5.41, 5.74) is 0.708. The lowest BCUT2D eigenvalue weighted by atomic mass is 10.2. The van der Waals surface area contributed by atoms with E-state index >= 15 is 0 Å². The highest BCUT2D eigenvalue weighted by Crippen LogP contribution is 2.35. The van der Waals surface area contributed by atoms with E-state index in [4.69, 9.17) is 11.6 Å². The minimum Gasteiger partial charge on any atom is -0.381 e. The Bertz CT molecular complexity index is 463. The second kappa shape index (κ2) is 4.25. The van der Waals surface area contributed by atoms with Crippen LogP contribution in [0.5, 0.6) is 0 Å². The third-order valence-corrected chi connectivity index (χ3v) is 4.11. The van der Waals surface area contributed by atoms with E-state index in [-0.39, 0.29) is 0 Å². The van der Waals surface area contributed by atoms with Crippen LogP contribution in [0.3, 0.4) is 0 Å². The van der Waals surface area contributed by atoms with Gasteiger partial charge in [-0.1, -0.05) is 11.6 Å². The maximum atomic E-state index is 10.1. The van der Waals surface area contributed by atoms with Crippen molar-refractivity contribution in [3.05, 3.63) is 37.7 Å². The van der Waals surface area contributed by atoms with Crippen LogP contribution in [0.15, 0.2) is 22.1 Å². The highest BCUT2D eigenvalue weighted by Gasteiger charge is 2.21. The number of halogens is 2. The van der Waals surface area contributed by atoms with E-state index in [2.05, 4.69) is 21.0 Å². The fourth-order valence-corrected chi connectivity index (χ4v) is 3.06. The summed E-state index contributed by atoms with van der Waals surface area (Å²) < 4.78 is 2.41. The van der Waals surface area contributed by atoms with Gasteiger partial charge in [0.25, 0.3) is 0 Å². The Balaban J connectivity index is 2.45. The molecular formula is C9H8BrClN2OS. The van der Waals surface area contributed by atoms with Gasteiger partial charge in [0.15, 0.2) is 0 Å². The van der Waals surface area contributed by atoms with Crippen LogP contribution in [0.1, 0.15) is 16.7 Å². The number of aromatic nitrogens is 2. The molecule has 1 unspecified atom stereocenters. The van der Waals surface area contributed by atoms with Gasteiger partial charge in [-0.25, -0.2) is 0 Å². The first-order chi connectivity index (χ1) is 7.11. The summed E-state index contributed by atoms with van der Waals surface area (Å²) in [4.78, 5) is 0.737. The number of hydrogen-bond donors (Lipinski definition) is 1. The van der Waals surface area contributed by atoms with E-state index in [1.165, 1.54) is 11.3 Å². The quantitative estimate of drug-likeness (QED) is 0.926. The van der Waals surface area contributed by atoms with Gasteiger partial charge >= 0.3 is 0 Å². The second-order valence-corrected chi connectivity index (χ2v) is 5.25. The van der Waals surface area contributed by atoms with Crippen molar-refractivity contribution in [2.24, 2.45) is 7.05 Å². The molecule has 0 aliphatic heterocycles. The number of nitrogens with zero attached hydrogens (tertiary/aromatic N) is 2. The van der Waals surface area contributed by atoms with Crippen molar-refractivity contribution in [2.45, 2.75) is 6.10 Å². The molecule has 0 amide bonds. The average Bonchev–Trinajstić information content (AvgIpc) is 2.73. The molecule has 2 aromatic heterocycles. The van der Waals surface area contributed by atoms with Crippen LogP contribution in [0.4, 0.5) is 0 Å². The Labute approximate surface area is 104 Å². The monoisotopic (exact) mass is 306 g/mol. The number of rotatable bonds is 2. The van der Waals surface area contributed by atoms with Crippen LogP contribution >= 0.6 is 38.9 Å². The molecule has 0 fully saturated rings. The summed E-state index contributed by atoms with van der Waals surface area (Å²) in [7, 11) is 1.78. The molecule has 0 aliphatic rings. The predicted molar refractivity (Wildman–Crippen MR) is 64.3 cm³/mol. The molecule has 6 heteroatoms. The first kappa shape index (κ1) is 11.1. The van der Waals surface area contributed by atoms with Crippen molar-refractivity contribution < 1.29 is 5.11 Å². The topological polar surface area (TPSA) is 38.0 Å². The zero-order valence-corrected chi connectivity index (χ0v) is 11.0. The van der Waals surface area contributed by atoms with Gasteiger partial charge in [-0.05, 0) is 27.4 Å². The number of aryl methyl sites for hydroxylation is 1. The molecule has 1 atom stereocenters. The van der Waals surface area contributed by atoms with Crippen molar-refractivity contribution in [3.63, 3.8) is 0 Å². The third kappa shape index (κ3) is 1.97. The lowest BCUT2D eigenvalue weighted by Gasteiger charge is -2.10. The molecule has 0 aromatic carbocycles. The van der Waals surface area contributed by atoms with Gasteiger partial charge in [0.05, 0.1) is 26.3 Å². The summed E-state index contributed by atoms with van der Waals surface area (Å²) in [6.45, 7) is 0. The molecule has 2 aromatic rings. The molecule has 0 aliphatic carbocycles. The van der Waals surface area contributed by atoms with Crippen molar-refractivity contribution in [1.29, 1.82) is 0 Å². The van der Waals surface area contributed by atoms with Gasteiger partial charge in [0.1, 0.15) is 6.10 Å². The van der Waals surface area contributed by atoms with Gasteiger partial charge in [0, 0.05) is 7.05 Å². The standard InChI is InChI=1S/C9H8BrClN2OS/c1-13-7(5(10)4-12-13)8(14)9-6(11)2-3-15-9/h2-4,8,14H,1H3. The van der Waals surface area contributed by atoms with Crippen LogP contribution in [-0.2, 0) is 7.05 Å². The van der Waals surface area contributed by atoms with Gasteiger partial charge in [-0.15, -0.1) is 11.3 Å². The molecular weight excluding hydrogens is 300 g/mol. The molecule has 80 valence electrons. The van der Waals surface area contributed by atoms with Gasteiger partial charge in [0.2, 0.25) is 0 Å². The van der Waals surface area contributed by atoms with E-state index in [9.17, 15) is 5.11 Å². The number of hydrogen-bond acceptors (Lipinski definition) is 3. The molecule has 2 heterocycles. The summed E-state index contributed by atoms with van der Waals surface area (Å²) in [5, 5.41) is 16.6. The summed E-state index contributed by atoms with van der Waals surface area (Å²) in [5.74, 6) is 0. The molecule has 15 heavy (non-hydrogen) atoms. The van der Waals surface area contributed by atoms with E-state index in [1.54, 1.807) is 24.0 Å². The van der Waals surface area contributed by atoms with E-state index in [1.807, 2.05) is 5.38 Å². The third-order valence-electron chi connectivity index (χ3n) is 2.09. The summed E-state index contributed by atoms with van der Waals surface area (Å²) in [6.07, 6.45) is 0.916. The minimum atomic E-state index is -0.737. The minimum absolute atomic E-state index is 0.584. The first-order valence-electron chi connectivity index (χ1n) is 4.19. The molecule has 1 N–H and O–H groups in total. The summed E-state index contributed by atoms with van der Waals surface area (Å²) >= 11 is 10.7. The van der Waals surface area contributed by atoms with Crippen molar-refractivity contribution >= 4 is 38.9 Å². The van der Waals surface area contributed by atoms with Gasteiger partial charge in [-0.3, -0.25) is 4.68 Å². The highest BCUT2D eigenvalue weighted by molar-refractivity contribution is 9.10. The SMILES string of the molecule is Cn1ncc(Br)c1C(O)c1sccc1Cl. The Hall–Kier alpha value is -0.360. The zero-order valence-electron chi connectivity index (χ0n) is 7.82. The van der Waals surface area contributed by atoms with Crippen LogP contribution in [0.25, 0.3) is 0 Å². The highest BCUT2D eigenvalue weighted by atomic mass is 79.9. The molecule has 0 spiro atoms. The van der Waals surface area contributed by atoms with E-state index in [0.717, 1.165) is 9.35 Å². The lowest BCUT2D eigenvalue weighted by molar-refractivity contribution is 0.213. The molecule has 0 saturated heterocycles. The van der Waals surface area contributed by atoms with E-state index < -0.39 is 6.10 Å². The second-order valence-electron chi connectivity index (χ2n) is 3.04. The smallest absolute Gasteiger partial charge is 0.132 e. The van der Waals surface area contributed by atoms with Gasteiger partial charge < -0.3 is 5.11 Å². The van der Waals surface area contributed by atoms with Crippen molar-refractivity contribution in [3.8, 4) is 0 Å². The first-order valence-corrected chi connectivity index (χ1v) is 6.24. The Kier molecular flexibility index (Phi) is 3.16. The summed E-state index contributed by atoms with van der Waals surface area (Å²) in [6, 6.07) is 1.77. The van der Waals surface area contributed by atoms with Crippen molar-refractivity contribution in [2.75, 3.05) is 0 Å². The number of thiophene rings is 1. The Morgan fingerprint density at radius 3 is 2.87 bits per heavy atom. The lowest BCUT2D eigenvalue weighted by Crippen LogP contribution is -2.06. The molecule has 0 bridgehead atoms. The zero-order chi connectivity index (χ0) is 11.0. The number of aliphatic hydroxyl groups is 1. The fourth-order valence-electron chi connectivity index (χ4n) is 1.35. The molecule has 2 rings (SSSR count). The van der Waals surface area contributed by atoms with Crippen LogP contribution < -0.4 is 0 Å². The Morgan fingerprint density at radius 2 is 2.40 bits per heavy atom. The Morgan fingerprint density at radius 1 is 1.67 bits per heavy atom. The van der Waals surface area contributed by atoms with Crippen LogP contribution in [0.2, 0.25) is 5.02 Å². The maximum Gasteiger partial charge on any atom is 0.132 e. The fraction of sp³-hybridized carbons (Fsp3) is 0.222. The van der Waals surface area contributed by atoms with E-state index in [0.29, 0.717) is 10.7 Å². The number of aliphatic hydroxyl groups excluding tert-OH is 1. The van der Waals surface area contributed by atoms with Crippen LogP contribution in [0, 0.1) is 0 Å². The van der Waals surface area contributed by atoms with Crippen LogP contribution in [-0.4, -0.2) is 14.9 Å². The molecule has 3 nitrogen and oxygen atoms in total. The normalized spacial score (nSPS) is 13.1. The van der Waals surface area contributed by atoms with Crippen molar-refractivity contribution in [1.82, 2.24) is 9.78 Å². The maximum absolute atomic E-state index is 10.1. The predicted octanol–water partition coefficient (Wildman–Crippen LogP) is 2.98. The molecule has 0 saturated carbocycles. The average molecular weight is 308 g/mol. The molecule has 0 radical (unpaired) electrons.